The Bertz CT molecular complexity index is 1210. The van der Waals surface area contributed by atoms with Gasteiger partial charge in [0.15, 0.2) is 5.13 Å². The highest BCUT2D eigenvalue weighted by Crippen LogP contribution is 2.27. The van der Waals surface area contributed by atoms with Crippen molar-refractivity contribution in [1.29, 1.82) is 0 Å². The predicted octanol–water partition coefficient (Wildman–Crippen LogP) is 3.35. The average Bonchev–Trinajstić information content (AvgIpc) is 3.35. The van der Waals surface area contributed by atoms with Crippen LogP contribution in [0.25, 0.3) is 22.2 Å². The lowest BCUT2D eigenvalue weighted by Gasteiger charge is -2.03. The van der Waals surface area contributed by atoms with E-state index in [1.54, 1.807) is 23.7 Å². The second-order valence-electron chi connectivity index (χ2n) is 6.35. The molecule has 0 saturated heterocycles. The first-order valence-electron chi connectivity index (χ1n) is 8.41. The first-order chi connectivity index (χ1) is 13.4. The van der Waals surface area contributed by atoms with Crippen LogP contribution in [-0.4, -0.2) is 26.8 Å². The maximum Gasteiger partial charge on any atom is 0.265 e. The SMILES string of the molecule is Cc1[nH]c2ccc(F)cc2c1CC(=O)Nc1nc(-c2c[nH]c(C(N)=O)c2)cs1. The van der Waals surface area contributed by atoms with Crippen LogP contribution in [0, 0.1) is 12.7 Å². The zero-order valence-corrected chi connectivity index (χ0v) is 15.6. The highest BCUT2D eigenvalue weighted by molar-refractivity contribution is 7.14. The molecule has 0 aliphatic carbocycles. The lowest BCUT2D eigenvalue weighted by Crippen LogP contribution is -2.14. The van der Waals surface area contributed by atoms with Gasteiger partial charge in [-0.2, -0.15) is 0 Å². The molecule has 0 unspecified atom stereocenters. The molecule has 5 N–H and O–H groups in total. The number of hydrogen-bond donors (Lipinski definition) is 4. The number of thiazole rings is 1. The molecular formula is C19H16FN5O2S. The third-order valence-corrected chi connectivity index (χ3v) is 5.17. The number of hydrogen-bond acceptors (Lipinski definition) is 4. The molecule has 28 heavy (non-hydrogen) atoms. The number of aryl methyl sites for hydroxylation is 1. The fourth-order valence-electron chi connectivity index (χ4n) is 3.05. The van der Waals surface area contributed by atoms with Gasteiger partial charge < -0.3 is 21.0 Å². The molecule has 0 aliphatic rings. The second-order valence-corrected chi connectivity index (χ2v) is 7.21. The van der Waals surface area contributed by atoms with Gasteiger partial charge in [-0.25, -0.2) is 9.37 Å². The standard InChI is InChI=1S/C19H16FN5O2S/c1-9-12(13-5-11(20)2-3-14(13)23-9)6-17(26)25-19-24-16(8-28-19)10-4-15(18(21)27)22-7-10/h2-5,7-8,22-23H,6H2,1H3,(H2,21,27)(H,24,25,26). The molecule has 1 aromatic carbocycles. The van der Waals surface area contributed by atoms with E-state index in [-0.39, 0.29) is 23.8 Å². The number of anilines is 1. The van der Waals surface area contributed by atoms with Gasteiger partial charge in [0.1, 0.15) is 11.5 Å². The molecule has 0 aliphatic heterocycles. The number of carbonyl (C=O) groups is 2. The van der Waals surface area contributed by atoms with Crippen LogP contribution in [0.1, 0.15) is 21.7 Å². The Morgan fingerprint density at radius 1 is 1.32 bits per heavy atom. The number of aromatic amines is 2. The van der Waals surface area contributed by atoms with Crippen LogP contribution in [0.2, 0.25) is 0 Å². The van der Waals surface area contributed by atoms with Gasteiger partial charge in [0, 0.05) is 33.7 Å². The largest absolute Gasteiger partial charge is 0.364 e. The number of benzene rings is 1. The number of primary amides is 1. The minimum absolute atomic E-state index is 0.0974. The summed E-state index contributed by atoms with van der Waals surface area (Å²) in [5.41, 5.74) is 9.20. The Labute approximate surface area is 162 Å². The topological polar surface area (TPSA) is 117 Å². The van der Waals surface area contributed by atoms with E-state index >= 15 is 0 Å². The molecule has 4 aromatic rings. The van der Waals surface area contributed by atoms with Crippen molar-refractivity contribution in [2.75, 3.05) is 5.32 Å². The molecule has 0 bridgehead atoms. The minimum atomic E-state index is -0.555. The second kappa shape index (κ2) is 6.93. The van der Waals surface area contributed by atoms with E-state index in [4.69, 9.17) is 5.73 Å². The molecule has 7 nitrogen and oxygen atoms in total. The van der Waals surface area contributed by atoms with Gasteiger partial charge in [-0.3, -0.25) is 9.59 Å². The third-order valence-electron chi connectivity index (χ3n) is 4.41. The number of nitrogens with two attached hydrogens (primary N) is 1. The summed E-state index contributed by atoms with van der Waals surface area (Å²) in [6.07, 6.45) is 1.73. The predicted molar refractivity (Wildman–Crippen MR) is 106 cm³/mol. The number of fused-ring (bicyclic) bond motifs is 1. The van der Waals surface area contributed by atoms with Crippen LogP contribution < -0.4 is 11.1 Å². The van der Waals surface area contributed by atoms with Crippen molar-refractivity contribution in [2.45, 2.75) is 13.3 Å². The van der Waals surface area contributed by atoms with Gasteiger partial charge >= 0.3 is 0 Å². The molecule has 9 heteroatoms. The molecule has 0 saturated carbocycles. The monoisotopic (exact) mass is 397 g/mol. The average molecular weight is 397 g/mol. The minimum Gasteiger partial charge on any atom is -0.364 e. The Morgan fingerprint density at radius 3 is 2.89 bits per heavy atom. The molecule has 0 atom stereocenters. The Balaban J connectivity index is 1.50. The lowest BCUT2D eigenvalue weighted by atomic mass is 10.1. The van der Waals surface area contributed by atoms with Crippen molar-refractivity contribution in [3.63, 3.8) is 0 Å². The highest BCUT2D eigenvalue weighted by Gasteiger charge is 2.15. The van der Waals surface area contributed by atoms with Gasteiger partial charge in [0.2, 0.25) is 5.91 Å². The summed E-state index contributed by atoms with van der Waals surface area (Å²) in [7, 11) is 0. The van der Waals surface area contributed by atoms with Gasteiger partial charge in [-0.05, 0) is 36.8 Å². The number of amides is 2. The normalized spacial score (nSPS) is 11.1. The first kappa shape index (κ1) is 17.9. The lowest BCUT2D eigenvalue weighted by molar-refractivity contribution is -0.115. The van der Waals surface area contributed by atoms with Crippen molar-refractivity contribution in [3.8, 4) is 11.3 Å². The fourth-order valence-corrected chi connectivity index (χ4v) is 3.79. The maximum absolute atomic E-state index is 13.6. The van der Waals surface area contributed by atoms with Gasteiger partial charge in [0.05, 0.1) is 12.1 Å². The van der Waals surface area contributed by atoms with Crippen LogP contribution in [0.5, 0.6) is 0 Å². The summed E-state index contributed by atoms with van der Waals surface area (Å²) in [6, 6.07) is 6.06. The molecule has 142 valence electrons. The van der Waals surface area contributed by atoms with E-state index < -0.39 is 5.91 Å². The summed E-state index contributed by atoms with van der Waals surface area (Å²) in [6.45, 7) is 1.85. The Hall–Kier alpha value is -3.46. The van der Waals surface area contributed by atoms with E-state index in [1.807, 2.05) is 6.92 Å². The summed E-state index contributed by atoms with van der Waals surface area (Å²) in [5.74, 6) is -1.15. The Morgan fingerprint density at radius 2 is 2.14 bits per heavy atom. The number of nitrogens with one attached hydrogen (secondary N) is 3. The molecule has 0 radical (unpaired) electrons. The van der Waals surface area contributed by atoms with E-state index in [0.717, 1.165) is 16.8 Å². The van der Waals surface area contributed by atoms with Crippen LogP contribution in [0.15, 0.2) is 35.8 Å². The highest BCUT2D eigenvalue weighted by atomic mass is 32.1. The van der Waals surface area contributed by atoms with E-state index in [1.165, 1.54) is 23.5 Å². The van der Waals surface area contributed by atoms with Crippen LogP contribution >= 0.6 is 11.3 Å². The summed E-state index contributed by atoms with van der Waals surface area (Å²) < 4.78 is 13.6. The number of carbonyl (C=O) groups excluding carboxylic acids is 2. The maximum atomic E-state index is 13.6. The molecule has 3 heterocycles. The number of nitrogens with zero attached hydrogens (tertiary/aromatic N) is 1. The summed E-state index contributed by atoms with van der Waals surface area (Å²) in [5, 5.41) is 5.67. The van der Waals surface area contributed by atoms with Crippen molar-refractivity contribution in [1.82, 2.24) is 15.0 Å². The van der Waals surface area contributed by atoms with E-state index in [2.05, 4.69) is 20.3 Å². The van der Waals surface area contributed by atoms with Gasteiger partial charge in [-0.1, -0.05) is 0 Å². The van der Waals surface area contributed by atoms with Crippen LogP contribution in [-0.2, 0) is 11.2 Å². The van der Waals surface area contributed by atoms with E-state index in [0.29, 0.717) is 21.8 Å². The molecule has 3 aromatic heterocycles. The fraction of sp³-hybridized carbons (Fsp3) is 0.105. The third kappa shape index (κ3) is 3.39. The molecule has 4 rings (SSSR count). The Kier molecular flexibility index (Phi) is 4.44. The number of H-pyrrole nitrogens is 2. The zero-order valence-electron chi connectivity index (χ0n) is 14.8. The van der Waals surface area contributed by atoms with Crippen molar-refractivity contribution >= 4 is 39.2 Å². The van der Waals surface area contributed by atoms with Crippen molar-refractivity contribution in [2.24, 2.45) is 5.73 Å². The van der Waals surface area contributed by atoms with Crippen LogP contribution in [0.4, 0.5) is 9.52 Å². The quantitative estimate of drug-likeness (QED) is 0.414. The number of aromatic nitrogens is 3. The first-order valence-corrected chi connectivity index (χ1v) is 9.29. The van der Waals surface area contributed by atoms with Gasteiger partial charge in [-0.15, -0.1) is 11.3 Å². The van der Waals surface area contributed by atoms with Gasteiger partial charge in [0.25, 0.3) is 5.91 Å². The molecular weight excluding hydrogens is 381 g/mol. The molecule has 0 spiro atoms. The van der Waals surface area contributed by atoms with E-state index in [9.17, 15) is 14.0 Å². The van der Waals surface area contributed by atoms with Crippen molar-refractivity contribution < 1.29 is 14.0 Å². The zero-order chi connectivity index (χ0) is 19.8. The number of halogens is 1. The van der Waals surface area contributed by atoms with Crippen molar-refractivity contribution in [3.05, 3.63) is 58.6 Å². The molecule has 0 fully saturated rings. The summed E-state index contributed by atoms with van der Waals surface area (Å²) in [4.78, 5) is 34.0. The number of rotatable bonds is 5. The molecule has 2 amide bonds. The summed E-state index contributed by atoms with van der Waals surface area (Å²) >= 11 is 1.27. The van der Waals surface area contributed by atoms with Crippen LogP contribution in [0.3, 0.4) is 0 Å². The smallest absolute Gasteiger partial charge is 0.265 e.